The molecule has 1 aromatic heterocycles. The number of pyridine rings is 1. The van der Waals surface area contributed by atoms with E-state index in [0.29, 0.717) is 23.3 Å². The standard InChI is InChI=1S/C18H20N4O3S2/c19-27(24,25)15-6-4-14(5-7-15)20-18(26)21-9-12-8-13(11-21)16-2-1-3-17(23)22(16)10-12/h1-7,12-13H,8-11H2,(H,20,26)(H2,19,24,25)/t12-,13?/m0/s1. The van der Waals surface area contributed by atoms with Crippen molar-refractivity contribution in [2.45, 2.75) is 23.8 Å². The van der Waals surface area contributed by atoms with Crippen LogP contribution in [0.15, 0.2) is 52.2 Å². The highest BCUT2D eigenvalue weighted by Crippen LogP contribution is 2.35. The number of nitrogens with two attached hydrogens (primary N) is 1. The molecule has 0 spiro atoms. The van der Waals surface area contributed by atoms with Crippen LogP contribution < -0.4 is 16.0 Å². The van der Waals surface area contributed by atoms with Crippen molar-refractivity contribution < 1.29 is 8.42 Å². The molecule has 9 heteroatoms. The SMILES string of the molecule is NS(=O)(=O)c1ccc(NC(=S)N2CC3C[C@@H](C2)Cn2c3cccc2=O)cc1. The normalized spacial score (nSPS) is 21.4. The quantitative estimate of drug-likeness (QED) is 0.733. The van der Waals surface area contributed by atoms with Gasteiger partial charge in [0, 0.05) is 43.0 Å². The lowest BCUT2D eigenvalue weighted by Gasteiger charge is -2.43. The number of anilines is 1. The van der Waals surface area contributed by atoms with Crippen LogP contribution in [0.4, 0.5) is 5.69 Å². The number of nitrogens with one attached hydrogen (secondary N) is 1. The van der Waals surface area contributed by atoms with Crippen LogP contribution in [0.5, 0.6) is 0 Å². The number of benzene rings is 1. The fourth-order valence-corrected chi connectivity index (χ4v) is 4.78. The molecule has 142 valence electrons. The number of primary sulfonamides is 1. The van der Waals surface area contributed by atoms with Gasteiger partial charge in [0.1, 0.15) is 0 Å². The minimum absolute atomic E-state index is 0.0614. The van der Waals surface area contributed by atoms with Gasteiger partial charge in [0.25, 0.3) is 5.56 Å². The number of aromatic nitrogens is 1. The zero-order valence-electron chi connectivity index (χ0n) is 14.5. The van der Waals surface area contributed by atoms with Crippen molar-refractivity contribution in [3.8, 4) is 0 Å². The molecule has 2 aromatic rings. The highest BCUT2D eigenvalue weighted by atomic mass is 32.2. The molecule has 0 radical (unpaired) electrons. The maximum absolute atomic E-state index is 12.1. The first-order chi connectivity index (χ1) is 12.8. The molecule has 2 bridgehead atoms. The van der Waals surface area contributed by atoms with Gasteiger partial charge in [-0.1, -0.05) is 6.07 Å². The van der Waals surface area contributed by atoms with Crippen molar-refractivity contribution >= 4 is 33.0 Å². The summed E-state index contributed by atoms with van der Waals surface area (Å²) in [6.45, 7) is 2.26. The van der Waals surface area contributed by atoms with Crippen LogP contribution >= 0.6 is 12.2 Å². The van der Waals surface area contributed by atoms with Gasteiger partial charge in [-0.15, -0.1) is 0 Å². The van der Waals surface area contributed by atoms with Gasteiger partial charge in [0.2, 0.25) is 10.0 Å². The predicted octanol–water partition coefficient (Wildman–Crippen LogP) is 1.31. The summed E-state index contributed by atoms with van der Waals surface area (Å²) in [4.78, 5) is 14.3. The molecule has 4 rings (SSSR count). The highest BCUT2D eigenvalue weighted by molar-refractivity contribution is 7.89. The predicted molar refractivity (Wildman–Crippen MR) is 107 cm³/mol. The maximum atomic E-state index is 12.1. The third kappa shape index (κ3) is 3.62. The van der Waals surface area contributed by atoms with E-state index < -0.39 is 10.0 Å². The molecule has 2 aliphatic rings. The number of hydrogen-bond donors (Lipinski definition) is 2. The molecule has 3 heterocycles. The maximum Gasteiger partial charge on any atom is 0.250 e. The minimum Gasteiger partial charge on any atom is -0.348 e. The van der Waals surface area contributed by atoms with Gasteiger partial charge in [0.05, 0.1) is 4.90 Å². The molecule has 0 amide bonds. The second kappa shape index (κ2) is 6.74. The third-order valence-corrected chi connectivity index (χ3v) is 6.49. The second-order valence-corrected chi connectivity index (χ2v) is 9.05. The zero-order valence-corrected chi connectivity index (χ0v) is 16.2. The zero-order chi connectivity index (χ0) is 19.2. The van der Waals surface area contributed by atoms with Gasteiger partial charge >= 0.3 is 0 Å². The first kappa shape index (κ1) is 18.1. The summed E-state index contributed by atoms with van der Waals surface area (Å²) in [6.07, 6.45) is 1.06. The van der Waals surface area contributed by atoms with E-state index in [1.165, 1.54) is 12.1 Å². The number of nitrogens with zero attached hydrogens (tertiary/aromatic N) is 2. The molecule has 27 heavy (non-hydrogen) atoms. The molecule has 1 aromatic carbocycles. The average Bonchev–Trinajstić information content (AvgIpc) is 2.62. The number of rotatable bonds is 2. The lowest BCUT2D eigenvalue weighted by Crippen LogP contribution is -2.50. The molecule has 1 fully saturated rings. The van der Waals surface area contributed by atoms with Crippen molar-refractivity contribution in [3.63, 3.8) is 0 Å². The molecule has 7 nitrogen and oxygen atoms in total. The van der Waals surface area contributed by atoms with Crippen LogP contribution in [0.2, 0.25) is 0 Å². The Bertz CT molecular complexity index is 1050. The van der Waals surface area contributed by atoms with Crippen LogP contribution in [-0.2, 0) is 16.6 Å². The first-order valence-electron chi connectivity index (χ1n) is 8.70. The van der Waals surface area contributed by atoms with Crippen LogP contribution in [0, 0.1) is 5.92 Å². The lowest BCUT2D eigenvalue weighted by molar-refractivity contribution is 0.180. The van der Waals surface area contributed by atoms with Gasteiger partial charge in [-0.3, -0.25) is 4.79 Å². The van der Waals surface area contributed by atoms with Crippen molar-refractivity contribution in [2.24, 2.45) is 11.1 Å². The van der Waals surface area contributed by atoms with Gasteiger partial charge in [-0.25, -0.2) is 13.6 Å². The number of hydrogen-bond acceptors (Lipinski definition) is 4. The van der Waals surface area contributed by atoms with Crippen molar-refractivity contribution in [1.82, 2.24) is 9.47 Å². The lowest BCUT2D eigenvalue weighted by atomic mass is 9.83. The summed E-state index contributed by atoms with van der Waals surface area (Å²) in [5, 5.41) is 8.89. The molecule has 2 aliphatic heterocycles. The Morgan fingerprint density at radius 3 is 2.56 bits per heavy atom. The molecule has 2 atom stereocenters. The van der Waals surface area contributed by atoms with E-state index in [9.17, 15) is 13.2 Å². The first-order valence-corrected chi connectivity index (χ1v) is 10.7. The Morgan fingerprint density at radius 2 is 1.85 bits per heavy atom. The second-order valence-electron chi connectivity index (χ2n) is 7.10. The van der Waals surface area contributed by atoms with E-state index in [0.717, 1.165) is 25.2 Å². The van der Waals surface area contributed by atoms with Gasteiger partial charge in [-0.05, 0) is 54.9 Å². The summed E-state index contributed by atoms with van der Waals surface area (Å²) in [7, 11) is -3.71. The number of fused-ring (bicyclic) bond motifs is 4. The molecular formula is C18H20N4O3S2. The average molecular weight is 405 g/mol. The number of likely N-dealkylation sites (tertiary alicyclic amines) is 1. The number of thiocarbonyl (C=S) groups is 1. The van der Waals surface area contributed by atoms with E-state index in [2.05, 4.69) is 10.2 Å². The summed E-state index contributed by atoms with van der Waals surface area (Å²) >= 11 is 5.57. The van der Waals surface area contributed by atoms with Crippen molar-refractivity contribution in [3.05, 3.63) is 58.5 Å². The summed E-state index contributed by atoms with van der Waals surface area (Å²) < 4.78 is 24.6. The monoisotopic (exact) mass is 404 g/mol. The van der Waals surface area contributed by atoms with Gasteiger partial charge < -0.3 is 14.8 Å². The Hall–Kier alpha value is -2.23. The summed E-state index contributed by atoms with van der Waals surface area (Å²) in [5.74, 6) is 0.650. The topological polar surface area (TPSA) is 97.4 Å². The Morgan fingerprint density at radius 1 is 1.11 bits per heavy atom. The Labute approximate surface area is 162 Å². The van der Waals surface area contributed by atoms with Crippen molar-refractivity contribution in [1.29, 1.82) is 0 Å². The van der Waals surface area contributed by atoms with Crippen LogP contribution in [-0.4, -0.2) is 36.1 Å². The molecule has 0 aliphatic carbocycles. The van der Waals surface area contributed by atoms with E-state index >= 15 is 0 Å². The van der Waals surface area contributed by atoms with E-state index in [1.807, 2.05) is 16.7 Å². The smallest absolute Gasteiger partial charge is 0.250 e. The Kier molecular flexibility index (Phi) is 4.53. The van der Waals surface area contributed by atoms with E-state index in [4.69, 9.17) is 17.4 Å². The van der Waals surface area contributed by atoms with E-state index in [1.54, 1.807) is 18.2 Å². The molecular weight excluding hydrogens is 384 g/mol. The van der Waals surface area contributed by atoms with Crippen LogP contribution in [0.3, 0.4) is 0 Å². The fraction of sp³-hybridized carbons (Fsp3) is 0.333. The molecule has 3 N–H and O–H groups in total. The molecule has 0 saturated carbocycles. The van der Waals surface area contributed by atoms with Crippen LogP contribution in [0.25, 0.3) is 0 Å². The largest absolute Gasteiger partial charge is 0.348 e. The number of sulfonamides is 1. The minimum atomic E-state index is -3.71. The molecule has 1 unspecified atom stereocenters. The number of piperidine rings is 1. The van der Waals surface area contributed by atoms with Crippen LogP contribution in [0.1, 0.15) is 18.0 Å². The summed E-state index contributed by atoms with van der Waals surface area (Å²) in [5.41, 5.74) is 1.84. The van der Waals surface area contributed by atoms with Gasteiger partial charge in [-0.2, -0.15) is 0 Å². The molecule has 1 saturated heterocycles. The fourth-order valence-electron chi connectivity index (χ4n) is 3.99. The highest BCUT2D eigenvalue weighted by Gasteiger charge is 2.35. The van der Waals surface area contributed by atoms with Gasteiger partial charge in [0.15, 0.2) is 5.11 Å². The Balaban J connectivity index is 1.49. The third-order valence-electron chi connectivity index (χ3n) is 5.20. The summed E-state index contributed by atoms with van der Waals surface area (Å²) in [6, 6.07) is 11.6. The van der Waals surface area contributed by atoms with E-state index in [-0.39, 0.29) is 16.4 Å². The van der Waals surface area contributed by atoms with Crippen molar-refractivity contribution in [2.75, 3.05) is 18.4 Å².